The van der Waals surface area contributed by atoms with E-state index in [2.05, 4.69) is 10.0 Å². The molecule has 0 saturated carbocycles. The minimum atomic E-state index is -3.70. The summed E-state index contributed by atoms with van der Waals surface area (Å²) in [7, 11) is -3.70. The summed E-state index contributed by atoms with van der Waals surface area (Å²) in [6, 6.07) is 17.4. The molecule has 0 radical (unpaired) electrons. The molecule has 32 heavy (non-hydrogen) atoms. The van der Waals surface area contributed by atoms with Crippen LogP contribution in [0, 0.1) is 27.7 Å². The van der Waals surface area contributed by atoms with Crippen LogP contribution in [0.15, 0.2) is 65.6 Å². The maximum absolute atomic E-state index is 12.6. The largest absolute Gasteiger partial charge is 0.491 e. The summed E-state index contributed by atoms with van der Waals surface area (Å²) in [6.07, 6.45) is 0. The van der Waals surface area contributed by atoms with Crippen molar-refractivity contribution in [3.8, 4) is 5.75 Å². The zero-order chi connectivity index (χ0) is 23.3. The van der Waals surface area contributed by atoms with E-state index in [-0.39, 0.29) is 10.8 Å². The molecule has 0 atom stereocenters. The summed E-state index contributed by atoms with van der Waals surface area (Å²) in [5.41, 5.74) is 4.74. The number of sulfonamides is 1. The van der Waals surface area contributed by atoms with E-state index in [9.17, 15) is 13.2 Å². The number of anilines is 1. The molecule has 3 rings (SSSR count). The Morgan fingerprint density at radius 2 is 1.53 bits per heavy atom. The van der Waals surface area contributed by atoms with Gasteiger partial charge in [0.05, 0.1) is 17.1 Å². The van der Waals surface area contributed by atoms with Crippen LogP contribution in [0.5, 0.6) is 5.75 Å². The highest BCUT2D eigenvalue weighted by Gasteiger charge is 2.16. The first-order valence-electron chi connectivity index (χ1n) is 10.3. The average molecular weight is 453 g/mol. The van der Waals surface area contributed by atoms with Crippen molar-refractivity contribution in [1.82, 2.24) is 5.32 Å². The summed E-state index contributed by atoms with van der Waals surface area (Å²) in [6.45, 7) is 8.37. The van der Waals surface area contributed by atoms with Gasteiger partial charge in [0.2, 0.25) is 0 Å². The third-order valence-corrected chi connectivity index (χ3v) is 6.42. The number of carbonyl (C=O) groups is 1. The molecule has 0 bridgehead atoms. The van der Waals surface area contributed by atoms with Gasteiger partial charge in [0, 0.05) is 5.56 Å². The van der Waals surface area contributed by atoms with E-state index >= 15 is 0 Å². The number of aryl methyl sites for hydroxylation is 4. The summed E-state index contributed by atoms with van der Waals surface area (Å²) >= 11 is 0. The highest BCUT2D eigenvalue weighted by Crippen LogP contribution is 2.21. The molecule has 1 amide bonds. The molecule has 0 saturated heterocycles. The molecule has 168 valence electrons. The fourth-order valence-corrected chi connectivity index (χ4v) is 4.36. The summed E-state index contributed by atoms with van der Waals surface area (Å²) in [5.74, 6) is 0.552. The molecule has 6 nitrogen and oxygen atoms in total. The van der Waals surface area contributed by atoms with E-state index in [1.807, 2.05) is 39.0 Å². The number of carbonyl (C=O) groups excluding carboxylic acids is 1. The van der Waals surface area contributed by atoms with E-state index in [0.29, 0.717) is 30.0 Å². The molecule has 0 fully saturated rings. The molecule has 0 aliphatic heterocycles. The molecule has 0 aliphatic rings. The Balaban J connectivity index is 1.58. The Hall–Kier alpha value is -3.32. The Kier molecular flexibility index (Phi) is 7.20. The Bertz CT molecular complexity index is 1220. The van der Waals surface area contributed by atoms with Gasteiger partial charge in [0.25, 0.3) is 15.9 Å². The fourth-order valence-electron chi connectivity index (χ4n) is 3.23. The highest BCUT2D eigenvalue weighted by molar-refractivity contribution is 7.92. The second kappa shape index (κ2) is 9.87. The first kappa shape index (κ1) is 23.3. The zero-order valence-corrected chi connectivity index (χ0v) is 19.5. The molecule has 0 spiro atoms. The lowest BCUT2D eigenvalue weighted by Gasteiger charge is -2.13. The highest BCUT2D eigenvalue weighted by atomic mass is 32.2. The maximum atomic E-state index is 12.6. The minimum absolute atomic E-state index is 0.188. The van der Waals surface area contributed by atoms with Crippen molar-refractivity contribution in [3.05, 3.63) is 88.5 Å². The molecule has 0 unspecified atom stereocenters. The van der Waals surface area contributed by atoms with Gasteiger partial charge in [0.15, 0.2) is 0 Å². The normalized spacial score (nSPS) is 11.1. The van der Waals surface area contributed by atoms with Gasteiger partial charge in [-0.15, -0.1) is 0 Å². The molecule has 3 aromatic carbocycles. The summed E-state index contributed by atoms with van der Waals surface area (Å²) in [4.78, 5) is 12.7. The Morgan fingerprint density at radius 1 is 0.844 bits per heavy atom. The second-order valence-corrected chi connectivity index (χ2v) is 9.50. The predicted octanol–water partition coefficient (Wildman–Crippen LogP) is 4.53. The van der Waals surface area contributed by atoms with E-state index in [0.717, 1.165) is 16.9 Å². The lowest BCUT2D eigenvalue weighted by atomic mass is 10.1. The first-order chi connectivity index (χ1) is 15.2. The minimum Gasteiger partial charge on any atom is -0.491 e. The number of benzene rings is 3. The van der Waals surface area contributed by atoms with Crippen LogP contribution in [-0.2, 0) is 10.0 Å². The number of nitrogens with one attached hydrogen (secondary N) is 2. The van der Waals surface area contributed by atoms with Gasteiger partial charge < -0.3 is 10.1 Å². The number of rotatable bonds is 8. The van der Waals surface area contributed by atoms with Crippen molar-refractivity contribution < 1.29 is 17.9 Å². The zero-order valence-electron chi connectivity index (χ0n) is 18.7. The van der Waals surface area contributed by atoms with Crippen molar-refractivity contribution in [2.45, 2.75) is 32.6 Å². The molecule has 3 aromatic rings. The monoisotopic (exact) mass is 452 g/mol. The fraction of sp³-hybridized carbons (Fsp3) is 0.240. The molecule has 7 heteroatoms. The van der Waals surface area contributed by atoms with Crippen molar-refractivity contribution in [1.29, 1.82) is 0 Å². The first-order valence-corrected chi connectivity index (χ1v) is 11.8. The Morgan fingerprint density at radius 3 is 2.19 bits per heavy atom. The van der Waals surface area contributed by atoms with Gasteiger partial charge in [-0.25, -0.2) is 8.42 Å². The average Bonchev–Trinajstić information content (AvgIpc) is 2.74. The number of hydrogen-bond donors (Lipinski definition) is 2. The quantitative estimate of drug-likeness (QED) is 0.492. The van der Waals surface area contributed by atoms with Gasteiger partial charge in [0.1, 0.15) is 12.4 Å². The standard InChI is InChI=1S/C25H28N2O4S/c1-17-5-9-22(10-6-17)32(29,30)27-23-11-8-21(16-19(23)3)25(28)26-13-14-31-24-12-7-18(2)15-20(24)4/h5-12,15-16,27H,13-14H2,1-4H3,(H,26,28). The Labute approximate surface area is 189 Å². The molecule has 0 aromatic heterocycles. The van der Waals surface area contributed by atoms with Gasteiger partial charge in [-0.2, -0.15) is 0 Å². The lowest BCUT2D eigenvalue weighted by Crippen LogP contribution is -2.28. The lowest BCUT2D eigenvalue weighted by molar-refractivity contribution is 0.0947. The van der Waals surface area contributed by atoms with Crippen molar-refractivity contribution in [3.63, 3.8) is 0 Å². The predicted molar refractivity (Wildman–Crippen MR) is 127 cm³/mol. The van der Waals surface area contributed by atoms with Crippen LogP contribution in [0.1, 0.15) is 32.6 Å². The van der Waals surface area contributed by atoms with E-state index in [4.69, 9.17) is 4.74 Å². The molecular formula is C25H28N2O4S. The third-order valence-electron chi connectivity index (χ3n) is 5.04. The van der Waals surface area contributed by atoms with E-state index < -0.39 is 10.0 Å². The van der Waals surface area contributed by atoms with E-state index in [1.54, 1.807) is 49.4 Å². The molecule has 0 aliphatic carbocycles. The van der Waals surface area contributed by atoms with Crippen LogP contribution < -0.4 is 14.8 Å². The molecular weight excluding hydrogens is 424 g/mol. The summed E-state index contributed by atoms with van der Waals surface area (Å²) < 4.78 is 33.5. The van der Waals surface area contributed by atoms with Crippen LogP contribution in [-0.4, -0.2) is 27.5 Å². The SMILES string of the molecule is Cc1ccc(S(=O)(=O)Nc2ccc(C(=O)NCCOc3ccc(C)cc3C)cc2C)cc1. The van der Waals surface area contributed by atoms with Crippen LogP contribution in [0.3, 0.4) is 0 Å². The number of ether oxygens (including phenoxy) is 1. The van der Waals surface area contributed by atoms with Crippen molar-refractivity contribution >= 4 is 21.6 Å². The van der Waals surface area contributed by atoms with Crippen LogP contribution in [0.2, 0.25) is 0 Å². The smallest absolute Gasteiger partial charge is 0.261 e. The maximum Gasteiger partial charge on any atom is 0.261 e. The van der Waals surface area contributed by atoms with Crippen LogP contribution in [0.25, 0.3) is 0 Å². The molecule has 2 N–H and O–H groups in total. The topological polar surface area (TPSA) is 84.5 Å². The molecule has 0 heterocycles. The number of amides is 1. The third kappa shape index (κ3) is 5.88. The van der Waals surface area contributed by atoms with Gasteiger partial charge in [-0.05, 0) is 75.2 Å². The van der Waals surface area contributed by atoms with Gasteiger partial charge in [-0.3, -0.25) is 9.52 Å². The van der Waals surface area contributed by atoms with E-state index in [1.165, 1.54) is 5.56 Å². The van der Waals surface area contributed by atoms with Crippen molar-refractivity contribution in [2.24, 2.45) is 0 Å². The van der Waals surface area contributed by atoms with Gasteiger partial charge >= 0.3 is 0 Å². The number of hydrogen-bond acceptors (Lipinski definition) is 4. The van der Waals surface area contributed by atoms with Crippen LogP contribution >= 0.6 is 0 Å². The van der Waals surface area contributed by atoms with Crippen molar-refractivity contribution in [2.75, 3.05) is 17.9 Å². The second-order valence-electron chi connectivity index (χ2n) is 7.82. The summed E-state index contributed by atoms with van der Waals surface area (Å²) in [5, 5.41) is 2.82. The van der Waals surface area contributed by atoms with Crippen LogP contribution in [0.4, 0.5) is 5.69 Å². The van der Waals surface area contributed by atoms with Gasteiger partial charge in [-0.1, -0.05) is 35.4 Å².